The number of ketones is 1. The molecule has 3 rings (SSSR count). The first-order valence-corrected chi connectivity index (χ1v) is 9.32. The lowest BCUT2D eigenvalue weighted by molar-refractivity contribution is -0.129. The largest absolute Gasteiger partial charge is 0.503 e. The molecule has 2 aromatic rings. The second-order valence-electron chi connectivity index (χ2n) is 6.42. The van der Waals surface area contributed by atoms with Crippen LogP contribution in [0, 0.1) is 0 Å². The van der Waals surface area contributed by atoms with E-state index in [0.717, 1.165) is 13.1 Å². The van der Waals surface area contributed by atoms with Crippen LogP contribution in [-0.2, 0) is 9.59 Å². The number of aliphatic hydroxyl groups is 1. The number of allylic oxidation sites excluding steroid dienone is 1. The van der Waals surface area contributed by atoms with Gasteiger partial charge >= 0.3 is 0 Å². The van der Waals surface area contributed by atoms with Crippen molar-refractivity contribution in [1.29, 1.82) is 0 Å². The summed E-state index contributed by atoms with van der Waals surface area (Å²) in [4.78, 5) is 29.2. The van der Waals surface area contributed by atoms with Crippen LogP contribution in [0.1, 0.15) is 31.4 Å². The van der Waals surface area contributed by atoms with Gasteiger partial charge in [-0.05, 0) is 49.5 Å². The molecule has 0 aromatic carbocycles. The Kier molecular flexibility index (Phi) is 6.16. The SMILES string of the molecule is CCN(CC)CCN1C(=O)C(O)=C(C(=O)/C=C/c2ccco2)C1c1ccco1. The molecule has 0 fully saturated rings. The number of hydrogen-bond donors (Lipinski definition) is 1. The van der Waals surface area contributed by atoms with Crippen LogP contribution in [0.3, 0.4) is 0 Å². The number of amides is 1. The molecule has 0 radical (unpaired) electrons. The Morgan fingerprint density at radius 3 is 2.54 bits per heavy atom. The summed E-state index contributed by atoms with van der Waals surface area (Å²) in [5.41, 5.74) is 0.0160. The Labute approximate surface area is 163 Å². The number of aliphatic hydroxyl groups excluding tert-OH is 1. The summed E-state index contributed by atoms with van der Waals surface area (Å²) in [6.45, 7) is 6.79. The summed E-state index contributed by atoms with van der Waals surface area (Å²) in [5, 5.41) is 10.5. The standard InChI is InChI=1S/C21H24N2O5/c1-3-22(4-2)11-12-23-19(17-8-6-14-28-17)18(20(25)21(23)26)16(24)10-9-15-7-5-13-27-15/h5-10,13-14,19,25H,3-4,11-12H2,1-2H3/b10-9+. The topological polar surface area (TPSA) is 87.1 Å². The van der Waals surface area contributed by atoms with Crippen molar-refractivity contribution in [2.24, 2.45) is 0 Å². The van der Waals surface area contributed by atoms with Gasteiger partial charge in [0.1, 0.15) is 17.6 Å². The third kappa shape index (κ3) is 3.94. The minimum Gasteiger partial charge on any atom is -0.503 e. The molecule has 2 aromatic heterocycles. The third-order valence-corrected chi connectivity index (χ3v) is 4.88. The lowest BCUT2D eigenvalue weighted by Crippen LogP contribution is -2.38. The van der Waals surface area contributed by atoms with Gasteiger partial charge in [-0.1, -0.05) is 13.8 Å². The molecule has 3 heterocycles. The van der Waals surface area contributed by atoms with E-state index in [4.69, 9.17) is 8.83 Å². The number of likely N-dealkylation sites (N-methyl/N-ethyl adjacent to an activating group) is 1. The van der Waals surface area contributed by atoms with E-state index >= 15 is 0 Å². The van der Waals surface area contributed by atoms with Gasteiger partial charge < -0.3 is 23.7 Å². The molecule has 0 spiro atoms. The van der Waals surface area contributed by atoms with Gasteiger partial charge in [0.2, 0.25) is 0 Å². The molecular weight excluding hydrogens is 360 g/mol. The minimum absolute atomic E-state index is 0.0160. The zero-order chi connectivity index (χ0) is 20.1. The van der Waals surface area contributed by atoms with Crippen molar-refractivity contribution >= 4 is 17.8 Å². The molecule has 148 valence electrons. The number of carbonyl (C=O) groups excluding carboxylic acids is 2. The minimum atomic E-state index is -0.758. The number of rotatable bonds is 9. The average Bonchev–Trinajstić information content (AvgIpc) is 3.44. The van der Waals surface area contributed by atoms with Crippen molar-refractivity contribution < 1.29 is 23.5 Å². The van der Waals surface area contributed by atoms with Crippen molar-refractivity contribution in [3.05, 3.63) is 65.7 Å². The molecule has 7 heteroatoms. The van der Waals surface area contributed by atoms with E-state index in [0.29, 0.717) is 24.6 Å². The van der Waals surface area contributed by atoms with Gasteiger partial charge in [0.15, 0.2) is 11.5 Å². The fourth-order valence-electron chi connectivity index (χ4n) is 3.30. The lowest BCUT2D eigenvalue weighted by Gasteiger charge is -2.27. The normalized spacial score (nSPS) is 17.5. The van der Waals surface area contributed by atoms with Crippen molar-refractivity contribution in [3.8, 4) is 0 Å². The summed E-state index contributed by atoms with van der Waals surface area (Å²) in [6, 6.07) is 6.05. The quantitative estimate of drug-likeness (QED) is 0.668. The average molecular weight is 384 g/mol. The summed E-state index contributed by atoms with van der Waals surface area (Å²) in [6.07, 6.45) is 5.78. The first-order chi connectivity index (χ1) is 13.6. The number of hydrogen-bond acceptors (Lipinski definition) is 6. The molecule has 1 aliphatic heterocycles. The predicted octanol–water partition coefficient (Wildman–Crippen LogP) is 3.19. The Hall–Kier alpha value is -3.06. The monoisotopic (exact) mass is 384 g/mol. The highest BCUT2D eigenvalue weighted by atomic mass is 16.3. The van der Waals surface area contributed by atoms with Gasteiger partial charge in [0.25, 0.3) is 5.91 Å². The molecule has 1 aliphatic rings. The summed E-state index contributed by atoms with van der Waals surface area (Å²) in [5.74, 6) is -0.621. The first-order valence-electron chi connectivity index (χ1n) is 9.32. The second kappa shape index (κ2) is 8.75. The van der Waals surface area contributed by atoms with Gasteiger partial charge in [-0.2, -0.15) is 0 Å². The van der Waals surface area contributed by atoms with Crippen LogP contribution in [-0.4, -0.2) is 52.8 Å². The van der Waals surface area contributed by atoms with Crippen LogP contribution < -0.4 is 0 Å². The van der Waals surface area contributed by atoms with Crippen LogP contribution in [0.5, 0.6) is 0 Å². The summed E-state index contributed by atoms with van der Waals surface area (Å²) >= 11 is 0. The molecule has 0 saturated carbocycles. The van der Waals surface area contributed by atoms with Crippen LogP contribution in [0.25, 0.3) is 6.08 Å². The van der Waals surface area contributed by atoms with E-state index in [1.807, 2.05) is 13.8 Å². The maximum atomic E-state index is 12.8. The van der Waals surface area contributed by atoms with Crippen molar-refractivity contribution in [3.63, 3.8) is 0 Å². The van der Waals surface area contributed by atoms with Crippen molar-refractivity contribution in [1.82, 2.24) is 9.80 Å². The van der Waals surface area contributed by atoms with E-state index in [1.165, 1.54) is 29.6 Å². The number of furan rings is 2. The number of nitrogens with zero attached hydrogens (tertiary/aromatic N) is 2. The van der Waals surface area contributed by atoms with Crippen molar-refractivity contribution in [2.75, 3.05) is 26.2 Å². The van der Waals surface area contributed by atoms with E-state index < -0.39 is 23.5 Å². The molecule has 28 heavy (non-hydrogen) atoms. The van der Waals surface area contributed by atoms with E-state index in [9.17, 15) is 14.7 Å². The zero-order valence-corrected chi connectivity index (χ0v) is 16.0. The van der Waals surface area contributed by atoms with Crippen LogP contribution >= 0.6 is 0 Å². The molecule has 0 bridgehead atoms. The molecule has 1 unspecified atom stereocenters. The maximum absolute atomic E-state index is 12.8. The fraction of sp³-hybridized carbons (Fsp3) is 0.333. The van der Waals surface area contributed by atoms with Gasteiger partial charge in [0, 0.05) is 13.1 Å². The van der Waals surface area contributed by atoms with E-state index in [1.54, 1.807) is 24.3 Å². The molecule has 1 amide bonds. The van der Waals surface area contributed by atoms with Gasteiger partial charge in [-0.15, -0.1) is 0 Å². The van der Waals surface area contributed by atoms with Crippen LogP contribution in [0.15, 0.2) is 63.0 Å². The highest BCUT2D eigenvalue weighted by molar-refractivity contribution is 6.14. The Morgan fingerprint density at radius 2 is 1.93 bits per heavy atom. The molecule has 0 aliphatic carbocycles. The Bertz CT molecular complexity index is 861. The van der Waals surface area contributed by atoms with Crippen molar-refractivity contribution in [2.45, 2.75) is 19.9 Å². The Balaban J connectivity index is 1.88. The zero-order valence-electron chi connectivity index (χ0n) is 16.0. The summed E-state index contributed by atoms with van der Waals surface area (Å²) < 4.78 is 10.7. The molecular formula is C21H24N2O5. The van der Waals surface area contributed by atoms with Crippen LogP contribution in [0.2, 0.25) is 0 Å². The summed E-state index contributed by atoms with van der Waals surface area (Å²) in [7, 11) is 0. The lowest BCUT2D eigenvalue weighted by atomic mass is 10.0. The first kappa shape index (κ1) is 19.7. The van der Waals surface area contributed by atoms with E-state index in [-0.39, 0.29) is 5.57 Å². The van der Waals surface area contributed by atoms with Gasteiger partial charge in [-0.3, -0.25) is 9.59 Å². The molecule has 1 N–H and O–H groups in total. The maximum Gasteiger partial charge on any atom is 0.290 e. The highest BCUT2D eigenvalue weighted by Gasteiger charge is 2.44. The fourth-order valence-corrected chi connectivity index (χ4v) is 3.30. The Morgan fingerprint density at radius 1 is 1.21 bits per heavy atom. The third-order valence-electron chi connectivity index (χ3n) is 4.88. The second-order valence-corrected chi connectivity index (χ2v) is 6.42. The predicted molar refractivity (Wildman–Crippen MR) is 103 cm³/mol. The number of carbonyl (C=O) groups is 2. The molecule has 1 atom stereocenters. The van der Waals surface area contributed by atoms with Crippen LogP contribution in [0.4, 0.5) is 0 Å². The molecule has 7 nitrogen and oxygen atoms in total. The van der Waals surface area contributed by atoms with E-state index in [2.05, 4.69) is 4.90 Å². The smallest absolute Gasteiger partial charge is 0.290 e. The van der Waals surface area contributed by atoms with Gasteiger partial charge in [0.05, 0.1) is 18.1 Å². The highest BCUT2D eigenvalue weighted by Crippen LogP contribution is 2.38. The van der Waals surface area contributed by atoms with Gasteiger partial charge in [-0.25, -0.2) is 0 Å². The molecule has 0 saturated heterocycles.